The van der Waals surface area contributed by atoms with Crippen LogP contribution in [-0.4, -0.2) is 35.6 Å². The number of carbonyl (C=O) groups excluding carboxylic acids is 1. The lowest BCUT2D eigenvalue weighted by Gasteiger charge is -2.34. The van der Waals surface area contributed by atoms with Crippen LogP contribution in [-0.2, 0) is 0 Å². The van der Waals surface area contributed by atoms with Crippen LogP contribution in [0.4, 0.5) is 4.39 Å². The number of carbonyl (C=O) groups is 1. The molecule has 33 heavy (non-hydrogen) atoms. The second kappa shape index (κ2) is 9.64. The fourth-order valence-corrected chi connectivity index (χ4v) is 5.86. The molecule has 2 aromatic carbocycles. The molecule has 1 aliphatic heterocycles. The Labute approximate surface area is 194 Å². The second-order valence-corrected chi connectivity index (χ2v) is 9.78. The van der Waals surface area contributed by atoms with E-state index in [2.05, 4.69) is 16.1 Å². The zero-order valence-electron chi connectivity index (χ0n) is 19.0. The van der Waals surface area contributed by atoms with Crippen LogP contribution < -0.4 is 5.73 Å². The van der Waals surface area contributed by atoms with E-state index in [-0.39, 0.29) is 11.7 Å². The summed E-state index contributed by atoms with van der Waals surface area (Å²) in [4.78, 5) is 14.3. The van der Waals surface area contributed by atoms with Gasteiger partial charge in [0.15, 0.2) is 5.58 Å². The highest BCUT2D eigenvalue weighted by Gasteiger charge is 2.28. The van der Waals surface area contributed by atoms with Gasteiger partial charge in [0.05, 0.1) is 5.69 Å². The molecular formula is C27H32FN3O2. The summed E-state index contributed by atoms with van der Waals surface area (Å²) in [5.74, 6) is 0.979. The average Bonchev–Trinajstić information content (AvgIpc) is 3.26. The minimum Gasteiger partial charge on any atom is -0.366 e. The largest absolute Gasteiger partial charge is 0.366 e. The lowest BCUT2D eigenvalue weighted by molar-refractivity contribution is 0.0998. The Hall–Kier alpha value is -2.73. The SMILES string of the molecule is NC(=O)c1ccccc1C1CCC(CCN2CCC(c3noc4ccc(F)cc34)CC2)CC1. The Kier molecular flexibility index (Phi) is 6.45. The van der Waals surface area contributed by atoms with E-state index in [1.165, 1.54) is 25.3 Å². The molecule has 1 aromatic heterocycles. The first-order valence-electron chi connectivity index (χ1n) is 12.2. The molecule has 3 aromatic rings. The second-order valence-electron chi connectivity index (χ2n) is 9.78. The maximum atomic E-state index is 13.7. The van der Waals surface area contributed by atoms with Gasteiger partial charge in [0.2, 0.25) is 5.91 Å². The summed E-state index contributed by atoms with van der Waals surface area (Å²) in [6.07, 6.45) is 7.99. The van der Waals surface area contributed by atoms with Crippen molar-refractivity contribution < 1.29 is 13.7 Å². The zero-order valence-corrected chi connectivity index (χ0v) is 19.0. The Morgan fingerprint density at radius 3 is 2.55 bits per heavy atom. The van der Waals surface area contributed by atoms with Crippen molar-refractivity contribution in [2.24, 2.45) is 11.7 Å². The molecule has 2 N–H and O–H groups in total. The van der Waals surface area contributed by atoms with Crippen molar-refractivity contribution in [3.05, 3.63) is 65.1 Å². The molecule has 0 atom stereocenters. The van der Waals surface area contributed by atoms with E-state index >= 15 is 0 Å². The number of fused-ring (bicyclic) bond motifs is 1. The first-order valence-corrected chi connectivity index (χ1v) is 12.2. The van der Waals surface area contributed by atoms with Gasteiger partial charge in [-0.1, -0.05) is 23.4 Å². The first-order chi connectivity index (χ1) is 16.1. The molecule has 2 aliphatic rings. The number of benzene rings is 2. The van der Waals surface area contributed by atoms with Gasteiger partial charge in [0.1, 0.15) is 5.82 Å². The van der Waals surface area contributed by atoms with Crippen LogP contribution in [0, 0.1) is 11.7 Å². The van der Waals surface area contributed by atoms with Crippen LogP contribution in [0.15, 0.2) is 47.0 Å². The smallest absolute Gasteiger partial charge is 0.248 e. The summed E-state index contributed by atoms with van der Waals surface area (Å²) in [7, 11) is 0. The third kappa shape index (κ3) is 4.81. The van der Waals surface area contributed by atoms with Crippen LogP contribution in [0.25, 0.3) is 11.0 Å². The molecule has 0 bridgehead atoms. The molecule has 2 heterocycles. The minimum atomic E-state index is -0.320. The topological polar surface area (TPSA) is 72.4 Å². The van der Waals surface area contributed by atoms with Crippen molar-refractivity contribution in [3.63, 3.8) is 0 Å². The molecule has 1 saturated heterocycles. The zero-order chi connectivity index (χ0) is 22.8. The fourth-order valence-electron chi connectivity index (χ4n) is 5.86. The molecule has 0 spiro atoms. The quantitative estimate of drug-likeness (QED) is 0.531. The Morgan fingerprint density at radius 2 is 1.79 bits per heavy atom. The van der Waals surface area contributed by atoms with Gasteiger partial charge in [-0.3, -0.25) is 4.79 Å². The number of nitrogens with two attached hydrogens (primary N) is 1. The molecule has 174 valence electrons. The first kappa shape index (κ1) is 22.1. The van der Waals surface area contributed by atoms with E-state index in [1.807, 2.05) is 18.2 Å². The number of piperidine rings is 1. The number of likely N-dealkylation sites (tertiary alicyclic amines) is 1. The van der Waals surface area contributed by atoms with Crippen molar-refractivity contribution in [2.75, 3.05) is 19.6 Å². The number of halogens is 1. The van der Waals surface area contributed by atoms with E-state index in [0.29, 0.717) is 23.0 Å². The average molecular weight is 450 g/mol. The van der Waals surface area contributed by atoms with E-state index in [9.17, 15) is 9.18 Å². The summed E-state index contributed by atoms with van der Waals surface area (Å²) in [5.41, 5.74) is 8.98. The maximum Gasteiger partial charge on any atom is 0.248 e. The number of hydrogen-bond donors (Lipinski definition) is 1. The normalized spacial score (nSPS) is 22.6. The predicted octanol–water partition coefficient (Wildman–Crippen LogP) is 5.61. The van der Waals surface area contributed by atoms with Crippen LogP contribution in [0.2, 0.25) is 0 Å². The summed E-state index contributed by atoms with van der Waals surface area (Å²) >= 11 is 0. The van der Waals surface area contributed by atoms with Gasteiger partial charge in [0, 0.05) is 16.9 Å². The number of nitrogens with zero attached hydrogens (tertiary/aromatic N) is 2. The van der Waals surface area contributed by atoms with Gasteiger partial charge in [0.25, 0.3) is 0 Å². The number of primary amides is 1. The Morgan fingerprint density at radius 1 is 1.03 bits per heavy atom. The van der Waals surface area contributed by atoms with Crippen LogP contribution >= 0.6 is 0 Å². The highest BCUT2D eigenvalue weighted by molar-refractivity contribution is 5.94. The maximum absolute atomic E-state index is 13.7. The Bertz CT molecular complexity index is 1110. The summed E-state index contributed by atoms with van der Waals surface area (Å²) < 4.78 is 19.1. The highest BCUT2D eigenvalue weighted by Crippen LogP contribution is 2.39. The van der Waals surface area contributed by atoms with Gasteiger partial charge in [-0.2, -0.15) is 0 Å². The lowest BCUT2D eigenvalue weighted by Crippen LogP contribution is -2.34. The summed E-state index contributed by atoms with van der Waals surface area (Å²) in [6.45, 7) is 3.24. The highest BCUT2D eigenvalue weighted by atomic mass is 19.1. The number of rotatable bonds is 6. The van der Waals surface area contributed by atoms with Crippen LogP contribution in [0.5, 0.6) is 0 Å². The molecule has 0 radical (unpaired) electrons. The predicted molar refractivity (Wildman–Crippen MR) is 127 cm³/mol. The van der Waals surface area contributed by atoms with Crippen LogP contribution in [0.1, 0.15) is 78.4 Å². The number of amides is 1. The standard InChI is InChI=1S/C27H32FN3O2/c28-21-9-10-25-24(17-21)26(30-33-25)20-12-15-31(16-13-20)14-11-18-5-7-19(8-6-18)22-3-1-2-4-23(22)27(29)32/h1-4,9-10,17-20H,5-8,11-16H2,(H2,29,32). The molecule has 0 unspecified atom stereocenters. The van der Waals surface area contributed by atoms with Crippen LogP contribution in [0.3, 0.4) is 0 Å². The van der Waals surface area contributed by atoms with Gasteiger partial charge in [-0.15, -0.1) is 0 Å². The molecule has 6 heteroatoms. The van der Waals surface area contributed by atoms with Crippen molar-refractivity contribution in [1.82, 2.24) is 10.1 Å². The molecule has 1 amide bonds. The van der Waals surface area contributed by atoms with E-state index in [4.69, 9.17) is 10.3 Å². The van der Waals surface area contributed by atoms with Crippen molar-refractivity contribution in [2.45, 2.75) is 56.8 Å². The summed E-state index contributed by atoms with van der Waals surface area (Å²) in [6, 6.07) is 12.5. The van der Waals surface area contributed by atoms with E-state index < -0.39 is 0 Å². The fraction of sp³-hybridized carbons (Fsp3) is 0.481. The molecule has 1 saturated carbocycles. The van der Waals surface area contributed by atoms with Gasteiger partial charge in [-0.05, 0) is 106 Å². The van der Waals surface area contributed by atoms with Crippen molar-refractivity contribution in [1.29, 1.82) is 0 Å². The van der Waals surface area contributed by atoms with Crippen molar-refractivity contribution >= 4 is 16.9 Å². The van der Waals surface area contributed by atoms with E-state index in [1.54, 1.807) is 12.1 Å². The number of hydrogen-bond acceptors (Lipinski definition) is 4. The monoisotopic (exact) mass is 449 g/mol. The molecule has 5 rings (SSSR count). The lowest BCUT2D eigenvalue weighted by atomic mass is 9.76. The molecule has 5 nitrogen and oxygen atoms in total. The Balaban J connectivity index is 1.09. The minimum absolute atomic E-state index is 0.239. The summed E-state index contributed by atoms with van der Waals surface area (Å²) in [5, 5.41) is 5.09. The van der Waals surface area contributed by atoms with Gasteiger partial charge in [-0.25, -0.2) is 4.39 Å². The van der Waals surface area contributed by atoms with Gasteiger partial charge < -0.3 is 15.2 Å². The third-order valence-corrected chi connectivity index (χ3v) is 7.80. The van der Waals surface area contributed by atoms with Crippen molar-refractivity contribution in [3.8, 4) is 0 Å². The van der Waals surface area contributed by atoms with E-state index in [0.717, 1.165) is 67.9 Å². The molecule has 2 fully saturated rings. The molecular weight excluding hydrogens is 417 g/mol. The third-order valence-electron chi connectivity index (χ3n) is 7.80. The van der Waals surface area contributed by atoms with Gasteiger partial charge >= 0.3 is 0 Å². The molecule has 1 aliphatic carbocycles. The number of aromatic nitrogens is 1.